The van der Waals surface area contributed by atoms with Gasteiger partial charge in [-0.25, -0.2) is 8.78 Å². The van der Waals surface area contributed by atoms with Crippen LogP contribution in [0, 0.1) is 11.6 Å². The Morgan fingerprint density at radius 3 is 2.24 bits per heavy atom. The third-order valence-corrected chi connectivity index (χ3v) is 3.07. The van der Waals surface area contributed by atoms with E-state index >= 15 is 0 Å². The van der Waals surface area contributed by atoms with Crippen LogP contribution in [-0.4, -0.2) is 17.5 Å². The summed E-state index contributed by atoms with van der Waals surface area (Å²) in [4.78, 5) is 2.28. The fraction of sp³-hybridized carbons (Fsp3) is 0.571. The van der Waals surface area contributed by atoms with E-state index in [-0.39, 0.29) is 6.04 Å². The van der Waals surface area contributed by atoms with Crippen molar-refractivity contribution in [3.63, 3.8) is 0 Å². The number of hydrogen-bond donors (Lipinski definition) is 0. The van der Waals surface area contributed by atoms with Crippen molar-refractivity contribution in [2.24, 2.45) is 0 Å². The molecule has 0 aliphatic heterocycles. The Labute approximate surface area is 102 Å². The molecular formula is C14H21F2N. The Morgan fingerprint density at radius 1 is 1.12 bits per heavy atom. The lowest BCUT2D eigenvalue weighted by molar-refractivity contribution is 0.164. The Kier molecular flexibility index (Phi) is 5.06. The third kappa shape index (κ3) is 3.50. The molecule has 0 saturated carbocycles. The normalized spacial score (nSPS) is 13.4. The minimum Gasteiger partial charge on any atom is -0.294 e. The highest BCUT2D eigenvalue weighted by Gasteiger charge is 2.18. The van der Waals surface area contributed by atoms with E-state index in [0.717, 1.165) is 18.5 Å². The zero-order chi connectivity index (χ0) is 13.0. The summed E-state index contributed by atoms with van der Waals surface area (Å²) in [6.45, 7) is 9.34. The second-order valence-corrected chi connectivity index (χ2v) is 4.68. The first-order chi connectivity index (χ1) is 7.97. The van der Waals surface area contributed by atoms with Gasteiger partial charge in [-0.15, -0.1) is 0 Å². The molecule has 0 aromatic heterocycles. The number of rotatable bonds is 5. The zero-order valence-electron chi connectivity index (χ0n) is 11.0. The van der Waals surface area contributed by atoms with E-state index in [1.807, 2.05) is 6.92 Å². The second kappa shape index (κ2) is 6.10. The number of hydrogen-bond acceptors (Lipinski definition) is 1. The van der Waals surface area contributed by atoms with Gasteiger partial charge in [-0.1, -0.05) is 13.0 Å². The first kappa shape index (κ1) is 14.1. The summed E-state index contributed by atoms with van der Waals surface area (Å²) in [5.41, 5.74) is 0.825. The molecule has 0 heterocycles. The molecular weight excluding hydrogens is 220 g/mol. The average molecular weight is 241 g/mol. The molecule has 0 amide bonds. The highest BCUT2D eigenvalue weighted by Crippen LogP contribution is 2.24. The fourth-order valence-electron chi connectivity index (χ4n) is 2.12. The SMILES string of the molecule is CCCN(C(C)C)C(C)c1ccc(F)c(F)c1. The number of nitrogens with zero attached hydrogens (tertiary/aromatic N) is 1. The van der Waals surface area contributed by atoms with Gasteiger partial charge in [0.1, 0.15) is 0 Å². The van der Waals surface area contributed by atoms with E-state index in [1.54, 1.807) is 6.07 Å². The summed E-state index contributed by atoms with van der Waals surface area (Å²) >= 11 is 0. The summed E-state index contributed by atoms with van der Waals surface area (Å²) in [5, 5.41) is 0. The maximum atomic E-state index is 13.2. The maximum absolute atomic E-state index is 13.2. The molecule has 0 aliphatic carbocycles. The molecule has 0 spiro atoms. The Morgan fingerprint density at radius 2 is 1.76 bits per heavy atom. The molecule has 96 valence electrons. The molecule has 3 heteroatoms. The van der Waals surface area contributed by atoms with Crippen LogP contribution in [0.2, 0.25) is 0 Å². The van der Waals surface area contributed by atoms with Crippen LogP contribution < -0.4 is 0 Å². The Bertz CT molecular complexity index is 363. The van der Waals surface area contributed by atoms with E-state index in [4.69, 9.17) is 0 Å². The first-order valence-electron chi connectivity index (χ1n) is 6.18. The van der Waals surface area contributed by atoms with Crippen LogP contribution in [0.15, 0.2) is 18.2 Å². The summed E-state index contributed by atoms with van der Waals surface area (Å²) in [6, 6.07) is 4.65. The largest absolute Gasteiger partial charge is 0.294 e. The van der Waals surface area contributed by atoms with Gasteiger partial charge in [0.2, 0.25) is 0 Å². The van der Waals surface area contributed by atoms with Crippen molar-refractivity contribution < 1.29 is 8.78 Å². The molecule has 0 bridgehead atoms. The molecule has 1 aromatic rings. The van der Waals surface area contributed by atoms with Crippen LogP contribution in [-0.2, 0) is 0 Å². The topological polar surface area (TPSA) is 3.24 Å². The predicted octanol–water partition coefficient (Wildman–Crippen LogP) is 4.15. The van der Waals surface area contributed by atoms with Gasteiger partial charge in [0, 0.05) is 12.1 Å². The lowest BCUT2D eigenvalue weighted by Gasteiger charge is -2.32. The molecule has 0 fully saturated rings. The molecule has 1 nitrogen and oxygen atoms in total. The van der Waals surface area contributed by atoms with E-state index < -0.39 is 11.6 Å². The minimum atomic E-state index is -0.785. The number of benzene rings is 1. The van der Waals surface area contributed by atoms with Crippen molar-refractivity contribution in [2.45, 2.75) is 46.2 Å². The molecule has 0 radical (unpaired) electrons. The highest BCUT2D eigenvalue weighted by molar-refractivity contribution is 5.21. The van der Waals surface area contributed by atoms with Crippen molar-refractivity contribution in [1.29, 1.82) is 0 Å². The molecule has 17 heavy (non-hydrogen) atoms. The molecule has 1 aromatic carbocycles. The van der Waals surface area contributed by atoms with Gasteiger partial charge in [-0.2, -0.15) is 0 Å². The van der Waals surface area contributed by atoms with Crippen molar-refractivity contribution in [3.05, 3.63) is 35.4 Å². The molecule has 1 rings (SSSR count). The van der Waals surface area contributed by atoms with E-state index in [0.29, 0.717) is 6.04 Å². The molecule has 0 aliphatic rings. The van der Waals surface area contributed by atoms with Crippen molar-refractivity contribution in [1.82, 2.24) is 4.90 Å². The molecule has 1 unspecified atom stereocenters. The summed E-state index contributed by atoms with van der Waals surface area (Å²) < 4.78 is 26.1. The number of halogens is 2. The lowest BCUT2D eigenvalue weighted by Crippen LogP contribution is -2.34. The average Bonchev–Trinajstić information content (AvgIpc) is 2.28. The Hall–Kier alpha value is -0.960. The van der Waals surface area contributed by atoms with Gasteiger partial charge in [-0.05, 0) is 51.4 Å². The third-order valence-electron chi connectivity index (χ3n) is 3.07. The zero-order valence-corrected chi connectivity index (χ0v) is 11.0. The summed E-state index contributed by atoms with van der Waals surface area (Å²) in [6.07, 6.45) is 1.05. The quantitative estimate of drug-likeness (QED) is 0.748. The van der Waals surface area contributed by atoms with Crippen LogP contribution in [0.25, 0.3) is 0 Å². The second-order valence-electron chi connectivity index (χ2n) is 4.68. The van der Waals surface area contributed by atoms with Crippen LogP contribution in [0.4, 0.5) is 8.78 Å². The van der Waals surface area contributed by atoms with E-state index in [9.17, 15) is 8.78 Å². The lowest BCUT2D eigenvalue weighted by atomic mass is 10.0. The van der Waals surface area contributed by atoms with E-state index in [1.165, 1.54) is 12.1 Å². The van der Waals surface area contributed by atoms with Gasteiger partial charge in [-0.3, -0.25) is 4.90 Å². The summed E-state index contributed by atoms with van der Waals surface area (Å²) in [5.74, 6) is -1.55. The first-order valence-corrected chi connectivity index (χ1v) is 6.18. The molecule has 0 saturated heterocycles. The van der Waals surface area contributed by atoms with Crippen LogP contribution in [0.5, 0.6) is 0 Å². The summed E-state index contributed by atoms with van der Waals surface area (Å²) in [7, 11) is 0. The van der Waals surface area contributed by atoms with Gasteiger partial charge in [0.05, 0.1) is 0 Å². The van der Waals surface area contributed by atoms with E-state index in [2.05, 4.69) is 25.7 Å². The minimum absolute atomic E-state index is 0.102. The van der Waals surface area contributed by atoms with Crippen LogP contribution in [0.3, 0.4) is 0 Å². The van der Waals surface area contributed by atoms with Crippen molar-refractivity contribution in [3.8, 4) is 0 Å². The van der Waals surface area contributed by atoms with Crippen molar-refractivity contribution in [2.75, 3.05) is 6.54 Å². The van der Waals surface area contributed by atoms with Gasteiger partial charge >= 0.3 is 0 Å². The van der Waals surface area contributed by atoms with Crippen LogP contribution >= 0.6 is 0 Å². The maximum Gasteiger partial charge on any atom is 0.159 e. The molecule has 0 N–H and O–H groups in total. The molecule has 1 atom stereocenters. The van der Waals surface area contributed by atoms with Crippen LogP contribution in [0.1, 0.15) is 45.7 Å². The predicted molar refractivity (Wildman–Crippen MR) is 66.9 cm³/mol. The fourth-order valence-corrected chi connectivity index (χ4v) is 2.12. The Balaban J connectivity index is 2.92. The van der Waals surface area contributed by atoms with Gasteiger partial charge in [0.25, 0.3) is 0 Å². The van der Waals surface area contributed by atoms with Gasteiger partial charge < -0.3 is 0 Å². The standard InChI is InChI=1S/C14H21F2N/c1-5-8-17(10(2)3)11(4)12-6-7-13(15)14(16)9-12/h6-7,9-11H,5,8H2,1-4H3. The van der Waals surface area contributed by atoms with Gasteiger partial charge in [0.15, 0.2) is 11.6 Å². The van der Waals surface area contributed by atoms with Crippen molar-refractivity contribution >= 4 is 0 Å². The highest BCUT2D eigenvalue weighted by atomic mass is 19.2. The monoisotopic (exact) mass is 241 g/mol. The smallest absolute Gasteiger partial charge is 0.159 e.